The van der Waals surface area contributed by atoms with Gasteiger partial charge in [0.05, 0.1) is 28.9 Å². The van der Waals surface area contributed by atoms with E-state index in [2.05, 4.69) is 83.6 Å². The molecule has 3 atom stereocenters. The average molecular weight is 754 g/mol. The number of carbonyl (C=O) groups is 3. The molecule has 0 radical (unpaired) electrons. The van der Waals surface area contributed by atoms with E-state index in [0.717, 1.165) is 101 Å². The maximum Gasteiger partial charge on any atom is 0.234 e. The lowest BCUT2D eigenvalue weighted by Crippen LogP contribution is -2.55. The van der Waals surface area contributed by atoms with E-state index in [0.29, 0.717) is 41.9 Å². The van der Waals surface area contributed by atoms with Gasteiger partial charge in [0.15, 0.2) is 0 Å². The number of para-hydroxylation sites is 1. The zero-order valence-corrected chi connectivity index (χ0v) is 31.9. The van der Waals surface area contributed by atoms with Crippen LogP contribution in [0.15, 0.2) is 91.1 Å². The summed E-state index contributed by atoms with van der Waals surface area (Å²) in [5.41, 5.74) is 4.99. The summed E-state index contributed by atoms with van der Waals surface area (Å²) < 4.78 is 0. The number of fused-ring (bicyclic) bond motifs is 1. The molecule has 0 unspecified atom stereocenters. The summed E-state index contributed by atoms with van der Waals surface area (Å²) in [4.78, 5) is 48.2. The number of nitrogens with zero attached hydrogens (tertiary/aromatic N) is 6. The Balaban J connectivity index is 0.782. The Morgan fingerprint density at radius 3 is 2.18 bits per heavy atom. The van der Waals surface area contributed by atoms with Crippen molar-refractivity contribution in [2.24, 2.45) is 17.8 Å². The van der Waals surface area contributed by atoms with E-state index in [9.17, 15) is 19.5 Å². The molecule has 3 amide bonds. The molecule has 0 saturated carbocycles. The zero-order chi connectivity index (χ0) is 38.2. The molecule has 2 N–H and O–H groups in total. The fourth-order valence-corrected chi connectivity index (χ4v) is 10.2. The van der Waals surface area contributed by atoms with Gasteiger partial charge in [-0.25, -0.2) is 0 Å². The molecule has 11 nitrogen and oxygen atoms in total. The van der Waals surface area contributed by atoms with Crippen LogP contribution in [0.2, 0.25) is 0 Å². The minimum atomic E-state index is -0.560. The largest absolute Gasteiger partial charge is 0.507 e. The molecule has 3 aromatic carbocycles. The molecule has 5 aliphatic rings. The zero-order valence-electron chi connectivity index (χ0n) is 31.9. The Kier molecular flexibility index (Phi) is 9.95. The number of hydrogen-bond acceptors (Lipinski definition) is 9. The predicted octanol–water partition coefficient (Wildman–Crippen LogP) is 5.21. The van der Waals surface area contributed by atoms with Gasteiger partial charge in [-0.05, 0) is 91.3 Å². The second kappa shape index (κ2) is 15.3. The third-order valence-electron chi connectivity index (χ3n) is 13.4. The van der Waals surface area contributed by atoms with Crippen LogP contribution in [0.25, 0.3) is 11.3 Å². The molecular formula is C45H51N7O4. The summed E-state index contributed by atoms with van der Waals surface area (Å²) in [7, 11) is 0. The Hall–Kier alpha value is -5.29. The van der Waals surface area contributed by atoms with E-state index in [1.165, 1.54) is 5.69 Å². The Morgan fingerprint density at radius 2 is 1.48 bits per heavy atom. The maximum atomic E-state index is 14.7. The number of amides is 3. The summed E-state index contributed by atoms with van der Waals surface area (Å²) in [5, 5.41) is 21.5. The molecule has 290 valence electrons. The highest BCUT2D eigenvalue weighted by Crippen LogP contribution is 2.41. The summed E-state index contributed by atoms with van der Waals surface area (Å²) in [6.07, 6.45) is 6.28. The first-order valence-corrected chi connectivity index (χ1v) is 20.4. The van der Waals surface area contributed by atoms with Crippen LogP contribution in [0.1, 0.15) is 55.6 Å². The van der Waals surface area contributed by atoms with Crippen molar-refractivity contribution in [3.05, 3.63) is 102 Å². The van der Waals surface area contributed by atoms with Crippen molar-refractivity contribution in [3.8, 4) is 17.0 Å². The van der Waals surface area contributed by atoms with E-state index in [1.807, 2.05) is 24.3 Å². The number of phenols is 1. The number of benzene rings is 3. The van der Waals surface area contributed by atoms with Crippen molar-refractivity contribution in [3.63, 3.8) is 0 Å². The molecule has 6 heterocycles. The summed E-state index contributed by atoms with van der Waals surface area (Å²) in [5.74, 6) is 1.75. The lowest BCUT2D eigenvalue weighted by Gasteiger charge is -2.45. The van der Waals surface area contributed by atoms with Gasteiger partial charge in [-0.3, -0.25) is 19.7 Å². The molecule has 5 fully saturated rings. The highest BCUT2D eigenvalue weighted by Gasteiger charge is 2.46. The SMILES string of the molecule is O=C1CC[C@@H](c2ccc(N3C[C@@H]4CN(CC5CCN(C(=O)C6(c7ccccc7)CCN(c7cnnc(-c8ccccc8O)c7)CC6)CC5)C[C@H]4C3)cc2)C(=O)N1. The van der Waals surface area contributed by atoms with Gasteiger partial charge in [-0.2, -0.15) is 10.2 Å². The molecule has 1 aromatic heterocycles. The fraction of sp³-hybridized carbons (Fsp3) is 0.444. The molecule has 4 aromatic rings. The van der Waals surface area contributed by atoms with Gasteiger partial charge in [0.1, 0.15) is 5.75 Å². The lowest BCUT2D eigenvalue weighted by atomic mass is 9.71. The molecule has 0 spiro atoms. The normalized spacial score (nSPS) is 24.3. The summed E-state index contributed by atoms with van der Waals surface area (Å²) in [6, 6.07) is 28.0. The van der Waals surface area contributed by atoms with Crippen LogP contribution in [0.4, 0.5) is 11.4 Å². The number of aromatic nitrogens is 2. The van der Waals surface area contributed by atoms with Crippen LogP contribution in [-0.2, 0) is 19.8 Å². The van der Waals surface area contributed by atoms with Crippen molar-refractivity contribution in [1.82, 2.24) is 25.3 Å². The van der Waals surface area contributed by atoms with Gasteiger partial charge < -0.3 is 24.7 Å². The van der Waals surface area contributed by atoms with Crippen LogP contribution in [0.5, 0.6) is 5.75 Å². The molecule has 56 heavy (non-hydrogen) atoms. The Morgan fingerprint density at radius 1 is 0.786 bits per heavy atom. The Labute approximate surface area is 328 Å². The highest BCUT2D eigenvalue weighted by molar-refractivity contribution is 6.01. The lowest BCUT2D eigenvalue weighted by molar-refractivity contribution is -0.140. The second-order valence-electron chi connectivity index (χ2n) is 16.7. The number of rotatable bonds is 8. The number of imide groups is 1. The van der Waals surface area contributed by atoms with Crippen molar-refractivity contribution in [2.75, 3.05) is 68.7 Å². The highest BCUT2D eigenvalue weighted by atomic mass is 16.3. The minimum absolute atomic E-state index is 0.177. The number of phenolic OH excluding ortho intramolecular Hbond substituents is 1. The number of hydrogen-bond donors (Lipinski definition) is 2. The third-order valence-corrected chi connectivity index (χ3v) is 13.4. The first kappa shape index (κ1) is 36.4. The average Bonchev–Trinajstić information content (AvgIpc) is 3.81. The molecule has 11 heteroatoms. The monoisotopic (exact) mass is 753 g/mol. The van der Waals surface area contributed by atoms with Gasteiger partial charge in [0.2, 0.25) is 17.7 Å². The number of piperidine rings is 3. The molecule has 0 bridgehead atoms. The van der Waals surface area contributed by atoms with Crippen LogP contribution < -0.4 is 15.1 Å². The minimum Gasteiger partial charge on any atom is -0.507 e. The van der Waals surface area contributed by atoms with Crippen LogP contribution >= 0.6 is 0 Å². The quantitative estimate of drug-likeness (QED) is 0.234. The maximum absolute atomic E-state index is 14.7. The third kappa shape index (κ3) is 7.13. The number of aromatic hydroxyl groups is 1. The standard InChI is InChI=1S/C45H51N7O4/c53-41-9-5-4-8-39(41)40-24-37(25-46-48-40)50-22-18-45(19-23-50,35-6-2-1-3-7-35)44(56)51-20-16-31(17-21-51)26-49-27-33-29-52(30-34(33)28-49)36-12-10-32(11-13-36)38-14-15-42(54)47-43(38)55/h1-13,24-25,31,33-34,38,53H,14-23,26-30H2,(H,47,54,55)/t33-,34-,38-/m0/s1. The summed E-state index contributed by atoms with van der Waals surface area (Å²) in [6.45, 7) is 8.55. The van der Waals surface area contributed by atoms with Gasteiger partial charge in [0, 0.05) is 76.6 Å². The number of carbonyl (C=O) groups excluding carboxylic acids is 3. The predicted molar refractivity (Wildman–Crippen MR) is 215 cm³/mol. The van der Waals surface area contributed by atoms with E-state index >= 15 is 0 Å². The number of anilines is 2. The van der Waals surface area contributed by atoms with E-state index < -0.39 is 5.41 Å². The van der Waals surface area contributed by atoms with Crippen molar-refractivity contribution in [1.29, 1.82) is 0 Å². The van der Waals surface area contributed by atoms with Crippen molar-refractivity contribution < 1.29 is 19.5 Å². The molecule has 5 aliphatic heterocycles. The second-order valence-corrected chi connectivity index (χ2v) is 16.7. The van der Waals surface area contributed by atoms with Crippen molar-refractivity contribution in [2.45, 2.75) is 49.9 Å². The summed E-state index contributed by atoms with van der Waals surface area (Å²) >= 11 is 0. The fourth-order valence-electron chi connectivity index (χ4n) is 10.2. The van der Waals surface area contributed by atoms with Gasteiger partial charge in [-0.1, -0.05) is 54.6 Å². The van der Waals surface area contributed by atoms with Crippen molar-refractivity contribution >= 4 is 29.1 Å². The first-order chi connectivity index (χ1) is 27.3. The molecule has 9 rings (SSSR count). The van der Waals surface area contributed by atoms with Gasteiger partial charge in [-0.15, -0.1) is 0 Å². The van der Waals surface area contributed by atoms with Crippen LogP contribution in [0, 0.1) is 17.8 Å². The van der Waals surface area contributed by atoms with E-state index in [-0.39, 0.29) is 29.4 Å². The van der Waals surface area contributed by atoms with Crippen LogP contribution in [0.3, 0.4) is 0 Å². The van der Waals surface area contributed by atoms with Gasteiger partial charge in [0.25, 0.3) is 0 Å². The van der Waals surface area contributed by atoms with Gasteiger partial charge >= 0.3 is 0 Å². The Bertz CT molecular complexity index is 2050. The van der Waals surface area contributed by atoms with E-state index in [4.69, 9.17) is 0 Å². The number of likely N-dealkylation sites (tertiary alicyclic amines) is 2. The first-order valence-electron chi connectivity index (χ1n) is 20.4. The van der Waals surface area contributed by atoms with Crippen LogP contribution in [-0.4, -0.2) is 102 Å². The molecule has 5 saturated heterocycles. The topological polar surface area (TPSA) is 122 Å². The molecular weight excluding hydrogens is 703 g/mol. The van der Waals surface area contributed by atoms with E-state index in [1.54, 1.807) is 18.3 Å². The smallest absolute Gasteiger partial charge is 0.234 e. The number of nitrogens with one attached hydrogen (secondary N) is 1. The molecule has 0 aliphatic carbocycles.